The molecule has 1 aliphatic rings. The average Bonchev–Trinajstić information content (AvgIpc) is 3.07. The second-order valence-electron chi connectivity index (χ2n) is 6.01. The van der Waals surface area contributed by atoms with Crippen LogP contribution in [0.1, 0.15) is 42.9 Å². The first kappa shape index (κ1) is 19.8. The SMILES string of the molecule is CCSC1(SCC)CCOc2ccc(C#Cc3ccc(CC(=O)O)o3)cc21. The van der Waals surface area contributed by atoms with Crippen molar-refractivity contribution in [3.8, 4) is 17.6 Å². The summed E-state index contributed by atoms with van der Waals surface area (Å²) in [6, 6.07) is 9.43. The topological polar surface area (TPSA) is 59.7 Å². The minimum atomic E-state index is -0.920. The van der Waals surface area contributed by atoms with E-state index in [-0.39, 0.29) is 10.5 Å². The first-order valence-electron chi connectivity index (χ1n) is 8.94. The Morgan fingerprint density at radius 2 is 1.96 bits per heavy atom. The third kappa shape index (κ3) is 4.66. The van der Waals surface area contributed by atoms with Crippen LogP contribution in [0.5, 0.6) is 5.75 Å². The number of rotatable bonds is 6. The van der Waals surface area contributed by atoms with Gasteiger partial charge in [0.05, 0.1) is 10.7 Å². The number of benzene rings is 1. The van der Waals surface area contributed by atoms with Gasteiger partial charge in [-0.25, -0.2) is 0 Å². The van der Waals surface area contributed by atoms with Gasteiger partial charge in [0, 0.05) is 17.5 Å². The van der Waals surface area contributed by atoms with E-state index in [9.17, 15) is 4.79 Å². The Hall–Kier alpha value is -1.97. The van der Waals surface area contributed by atoms with Gasteiger partial charge in [0.2, 0.25) is 0 Å². The first-order chi connectivity index (χ1) is 13.1. The summed E-state index contributed by atoms with van der Waals surface area (Å²) in [7, 11) is 0. The highest BCUT2D eigenvalue weighted by molar-refractivity contribution is 8.17. The van der Waals surface area contributed by atoms with Gasteiger partial charge in [-0.15, -0.1) is 23.5 Å². The number of carboxylic acids is 1. The molecule has 0 spiro atoms. The van der Waals surface area contributed by atoms with E-state index in [4.69, 9.17) is 14.3 Å². The van der Waals surface area contributed by atoms with Crippen LogP contribution in [0.3, 0.4) is 0 Å². The molecular weight excluding hydrogens is 380 g/mol. The maximum absolute atomic E-state index is 10.7. The van der Waals surface area contributed by atoms with Crippen LogP contribution >= 0.6 is 23.5 Å². The normalized spacial score (nSPS) is 14.6. The second-order valence-corrected chi connectivity index (χ2v) is 9.40. The summed E-state index contributed by atoms with van der Waals surface area (Å²) in [5, 5.41) is 8.82. The Morgan fingerprint density at radius 3 is 2.67 bits per heavy atom. The molecule has 1 aromatic carbocycles. The molecular formula is C21H22O4S2. The van der Waals surface area contributed by atoms with Gasteiger partial charge >= 0.3 is 5.97 Å². The van der Waals surface area contributed by atoms with E-state index in [1.165, 1.54) is 5.56 Å². The molecule has 3 rings (SSSR count). The maximum atomic E-state index is 10.7. The van der Waals surface area contributed by atoms with Crippen molar-refractivity contribution in [1.82, 2.24) is 0 Å². The van der Waals surface area contributed by atoms with Crippen molar-refractivity contribution in [2.45, 2.75) is 30.8 Å². The Morgan fingerprint density at radius 1 is 1.19 bits per heavy atom. The van der Waals surface area contributed by atoms with Gasteiger partial charge in [0.15, 0.2) is 5.76 Å². The van der Waals surface area contributed by atoms with Gasteiger partial charge in [-0.05, 0) is 47.8 Å². The summed E-state index contributed by atoms with van der Waals surface area (Å²) in [5.41, 5.74) is 2.10. The molecule has 0 saturated carbocycles. The lowest BCUT2D eigenvalue weighted by molar-refractivity contribution is -0.136. The van der Waals surface area contributed by atoms with Crippen LogP contribution in [0, 0.1) is 11.8 Å². The predicted molar refractivity (Wildman–Crippen MR) is 111 cm³/mol. The van der Waals surface area contributed by atoms with E-state index in [1.54, 1.807) is 12.1 Å². The van der Waals surface area contributed by atoms with Crippen LogP contribution in [0.4, 0.5) is 0 Å². The molecule has 142 valence electrons. The van der Waals surface area contributed by atoms with Gasteiger partial charge in [-0.1, -0.05) is 19.8 Å². The molecule has 0 unspecified atom stereocenters. The molecule has 0 radical (unpaired) electrons. The quantitative estimate of drug-likeness (QED) is 0.556. The third-order valence-electron chi connectivity index (χ3n) is 4.15. The largest absolute Gasteiger partial charge is 0.493 e. The summed E-state index contributed by atoms with van der Waals surface area (Å²) in [6.45, 7) is 5.11. The molecule has 27 heavy (non-hydrogen) atoms. The van der Waals surface area contributed by atoms with Crippen molar-refractivity contribution in [3.05, 3.63) is 53.0 Å². The van der Waals surface area contributed by atoms with E-state index in [0.717, 1.165) is 35.8 Å². The van der Waals surface area contributed by atoms with Crippen molar-refractivity contribution >= 4 is 29.5 Å². The molecule has 1 aromatic heterocycles. The van der Waals surface area contributed by atoms with Gasteiger partial charge < -0.3 is 14.3 Å². The summed E-state index contributed by atoms with van der Waals surface area (Å²) in [5.74, 6) is 9.10. The zero-order valence-electron chi connectivity index (χ0n) is 15.4. The van der Waals surface area contributed by atoms with E-state index in [2.05, 4.69) is 31.8 Å². The summed E-state index contributed by atoms with van der Waals surface area (Å²) in [4.78, 5) is 10.7. The van der Waals surface area contributed by atoms with Gasteiger partial charge in [-0.3, -0.25) is 4.79 Å². The van der Waals surface area contributed by atoms with Crippen molar-refractivity contribution in [3.63, 3.8) is 0 Å². The standard InChI is InChI=1S/C21H22O4S2/c1-3-26-21(27-4-2)11-12-24-19-10-6-15(13-18(19)21)5-7-16-8-9-17(25-16)14-20(22)23/h6,8-10,13H,3-4,11-12,14H2,1-2H3,(H,22,23). The molecule has 1 N–H and O–H groups in total. The van der Waals surface area contributed by atoms with Crippen molar-refractivity contribution in [1.29, 1.82) is 0 Å². The fourth-order valence-electron chi connectivity index (χ4n) is 3.09. The average molecular weight is 403 g/mol. The van der Waals surface area contributed by atoms with Crippen LogP contribution in [-0.4, -0.2) is 29.2 Å². The zero-order chi connectivity index (χ0) is 19.3. The number of furan rings is 1. The van der Waals surface area contributed by atoms with E-state index < -0.39 is 5.97 Å². The van der Waals surface area contributed by atoms with E-state index >= 15 is 0 Å². The van der Waals surface area contributed by atoms with Gasteiger partial charge in [-0.2, -0.15) is 0 Å². The van der Waals surface area contributed by atoms with Crippen molar-refractivity contribution in [2.75, 3.05) is 18.1 Å². The fraction of sp³-hybridized carbons (Fsp3) is 0.381. The zero-order valence-corrected chi connectivity index (χ0v) is 17.0. The summed E-state index contributed by atoms with van der Waals surface area (Å²) < 4.78 is 11.3. The Labute approximate surface area is 168 Å². The molecule has 4 nitrogen and oxygen atoms in total. The first-order valence-corrected chi connectivity index (χ1v) is 10.9. The van der Waals surface area contributed by atoms with Crippen LogP contribution in [-0.2, 0) is 15.3 Å². The number of hydrogen-bond donors (Lipinski definition) is 1. The maximum Gasteiger partial charge on any atom is 0.311 e. The second kappa shape index (κ2) is 8.81. The van der Waals surface area contributed by atoms with Gasteiger partial charge in [0.1, 0.15) is 17.9 Å². The number of carboxylic acid groups (broad SMARTS) is 1. The molecule has 0 amide bonds. The summed E-state index contributed by atoms with van der Waals surface area (Å²) >= 11 is 3.92. The van der Waals surface area contributed by atoms with Crippen LogP contribution < -0.4 is 4.74 Å². The van der Waals surface area contributed by atoms with Gasteiger partial charge in [0.25, 0.3) is 0 Å². The minimum absolute atomic E-state index is 0.00805. The number of carbonyl (C=O) groups is 1. The molecule has 1 aliphatic heterocycles. The molecule has 6 heteroatoms. The van der Waals surface area contributed by atoms with Crippen LogP contribution in [0.2, 0.25) is 0 Å². The van der Waals surface area contributed by atoms with E-state index in [0.29, 0.717) is 11.5 Å². The Balaban J connectivity index is 1.89. The minimum Gasteiger partial charge on any atom is -0.493 e. The monoisotopic (exact) mass is 402 g/mol. The smallest absolute Gasteiger partial charge is 0.311 e. The van der Waals surface area contributed by atoms with Crippen LogP contribution in [0.25, 0.3) is 0 Å². The molecule has 0 aliphatic carbocycles. The summed E-state index contributed by atoms with van der Waals surface area (Å²) in [6.07, 6.45) is 0.841. The number of ether oxygens (including phenoxy) is 1. The fourth-order valence-corrected chi connectivity index (χ4v) is 6.15. The molecule has 0 atom stereocenters. The van der Waals surface area contributed by atoms with E-state index in [1.807, 2.05) is 35.7 Å². The van der Waals surface area contributed by atoms with Crippen molar-refractivity contribution in [2.24, 2.45) is 0 Å². The lowest BCUT2D eigenvalue weighted by Gasteiger charge is -2.37. The molecule has 2 heterocycles. The highest BCUT2D eigenvalue weighted by Gasteiger charge is 2.38. The number of hydrogen-bond acceptors (Lipinski definition) is 5. The third-order valence-corrected chi connectivity index (χ3v) is 7.22. The number of aliphatic carboxylic acids is 1. The number of thioether (sulfide) groups is 2. The Bertz CT molecular complexity index is 870. The molecule has 0 saturated heterocycles. The predicted octanol–water partition coefficient (Wildman–Crippen LogP) is 4.75. The Kier molecular flexibility index (Phi) is 6.46. The van der Waals surface area contributed by atoms with Crippen LogP contribution in [0.15, 0.2) is 34.7 Å². The highest BCUT2D eigenvalue weighted by atomic mass is 32.2. The molecule has 0 bridgehead atoms. The number of fused-ring (bicyclic) bond motifs is 1. The lowest BCUT2D eigenvalue weighted by atomic mass is 10.0. The van der Waals surface area contributed by atoms with Crippen molar-refractivity contribution < 1.29 is 19.1 Å². The highest BCUT2D eigenvalue weighted by Crippen LogP contribution is 2.54. The lowest BCUT2D eigenvalue weighted by Crippen LogP contribution is -2.27. The molecule has 2 aromatic rings. The molecule has 0 fully saturated rings.